The van der Waals surface area contributed by atoms with Gasteiger partial charge in [-0.25, -0.2) is 0 Å². The van der Waals surface area contributed by atoms with Gasteiger partial charge in [-0.2, -0.15) is 5.10 Å². The Bertz CT molecular complexity index is 957. The maximum absolute atomic E-state index is 12.3. The lowest BCUT2D eigenvalue weighted by Crippen LogP contribution is -2.22. The average Bonchev–Trinajstić information content (AvgIpc) is 3.14. The molecule has 0 aliphatic rings. The summed E-state index contributed by atoms with van der Waals surface area (Å²) < 4.78 is 11.1. The van der Waals surface area contributed by atoms with Gasteiger partial charge in [-0.15, -0.1) is 0 Å². The Labute approximate surface area is 164 Å². The topological polar surface area (TPSA) is 76.2 Å². The predicted octanol–water partition coefficient (Wildman–Crippen LogP) is 4.40. The molecular weight excluding hydrogens is 354 g/mol. The van der Waals surface area contributed by atoms with Crippen molar-refractivity contribution in [1.82, 2.24) is 10.2 Å². The van der Waals surface area contributed by atoms with Crippen LogP contribution in [-0.4, -0.2) is 29.8 Å². The highest BCUT2D eigenvalue weighted by atomic mass is 16.5. The normalized spacial score (nSPS) is 11.1. The van der Waals surface area contributed by atoms with Crippen LogP contribution in [0.25, 0.3) is 11.3 Å². The van der Waals surface area contributed by atoms with Crippen LogP contribution in [0.3, 0.4) is 0 Å². The first-order valence-electron chi connectivity index (χ1n) is 9.09. The fraction of sp³-hybridized carbons (Fsp3) is 0.273. The number of methoxy groups -OCH3 is 1. The van der Waals surface area contributed by atoms with Crippen LogP contribution in [0.5, 0.6) is 11.5 Å². The minimum Gasteiger partial charge on any atom is -0.496 e. The molecule has 3 aromatic rings. The number of H-pyrrole nitrogens is 1. The second kappa shape index (κ2) is 8.17. The van der Waals surface area contributed by atoms with E-state index in [0.717, 1.165) is 22.6 Å². The lowest BCUT2D eigenvalue weighted by molar-refractivity contribution is -0.118. The van der Waals surface area contributed by atoms with Crippen LogP contribution in [-0.2, 0) is 10.2 Å². The zero-order valence-electron chi connectivity index (χ0n) is 16.6. The van der Waals surface area contributed by atoms with E-state index < -0.39 is 0 Å². The first kappa shape index (κ1) is 19.5. The number of nitrogens with zero attached hydrogens (tertiary/aromatic N) is 1. The van der Waals surface area contributed by atoms with Crippen molar-refractivity contribution in [3.63, 3.8) is 0 Å². The third-order valence-corrected chi connectivity index (χ3v) is 4.30. The van der Waals surface area contributed by atoms with Crippen LogP contribution >= 0.6 is 0 Å². The van der Waals surface area contributed by atoms with Gasteiger partial charge in [0.25, 0.3) is 5.91 Å². The van der Waals surface area contributed by atoms with Gasteiger partial charge in [0.1, 0.15) is 11.5 Å². The summed E-state index contributed by atoms with van der Waals surface area (Å²) in [6.45, 7) is 6.24. The highest BCUT2D eigenvalue weighted by molar-refractivity contribution is 5.91. The number of rotatable bonds is 6. The van der Waals surface area contributed by atoms with Crippen LogP contribution in [0.15, 0.2) is 54.6 Å². The second-order valence-corrected chi connectivity index (χ2v) is 7.45. The molecule has 2 N–H and O–H groups in total. The molecule has 146 valence electrons. The molecule has 0 bridgehead atoms. The smallest absolute Gasteiger partial charge is 0.263 e. The number of ether oxygens (including phenoxy) is 2. The monoisotopic (exact) mass is 379 g/mol. The van der Waals surface area contributed by atoms with Crippen LogP contribution in [0, 0.1) is 0 Å². The minimum atomic E-state index is -0.276. The van der Waals surface area contributed by atoms with E-state index in [0.29, 0.717) is 11.6 Å². The molecule has 0 unspecified atom stereocenters. The number of para-hydroxylation sites is 2. The molecule has 0 spiro atoms. The Morgan fingerprint density at radius 2 is 1.75 bits per heavy atom. The van der Waals surface area contributed by atoms with E-state index >= 15 is 0 Å². The summed E-state index contributed by atoms with van der Waals surface area (Å²) in [6.07, 6.45) is 0. The largest absolute Gasteiger partial charge is 0.496 e. The molecule has 0 atom stereocenters. The van der Waals surface area contributed by atoms with Gasteiger partial charge in [-0.05, 0) is 29.2 Å². The second-order valence-electron chi connectivity index (χ2n) is 7.45. The molecule has 28 heavy (non-hydrogen) atoms. The van der Waals surface area contributed by atoms with E-state index in [1.165, 1.54) is 0 Å². The molecule has 0 aliphatic heterocycles. The van der Waals surface area contributed by atoms with Gasteiger partial charge < -0.3 is 14.8 Å². The van der Waals surface area contributed by atoms with E-state index in [2.05, 4.69) is 36.3 Å². The van der Waals surface area contributed by atoms with Crippen molar-refractivity contribution in [2.24, 2.45) is 0 Å². The quantitative estimate of drug-likeness (QED) is 0.665. The Morgan fingerprint density at radius 3 is 2.46 bits per heavy atom. The number of hydrogen-bond donors (Lipinski definition) is 2. The van der Waals surface area contributed by atoms with Crippen molar-refractivity contribution >= 4 is 11.7 Å². The van der Waals surface area contributed by atoms with E-state index in [4.69, 9.17) is 9.47 Å². The highest BCUT2D eigenvalue weighted by Crippen LogP contribution is 2.31. The number of nitrogens with one attached hydrogen (secondary N) is 2. The zero-order chi connectivity index (χ0) is 20.1. The van der Waals surface area contributed by atoms with Crippen LogP contribution in [0.4, 0.5) is 5.82 Å². The molecule has 6 heteroatoms. The maximum atomic E-state index is 12.3. The fourth-order valence-electron chi connectivity index (χ4n) is 2.93. The molecule has 0 aliphatic carbocycles. The average molecular weight is 379 g/mol. The number of anilines is 1. The molecule has 6 nitrogen and oxygen atoms in total. The Morgan fingerprint density at radius 1 is 1.07 bits per heavy atom. The summed E-state index contributed by atoms with van der Waals surface area (Å²) in [4.78, 5) is 12.3. The number of carbonyl (C=O) groups is 1. The Hall–Kier alpha value is -3.28. The number of benzene rings is 2. The van der Waals surface area contributed by atoms with Gasteiger partial charge in [0.05, 0.1) is 12.8 Å². The van der Waals surface area contributed by atoms with Gasteiger partial charge in [-0.3, -0.25) is 9.89 Å². The summed E-state index contributed by atoms with van der Waals surface area (Å²) in [5.74, 6) is 1.59. The standard InChI is InChI=1S/C22H25N3O3/c1-22(2,3)16-10-6-8-12-19(16)28-14-21(26)23-20-13-17(24-25-20)15-9-5-7-11-18(15)27-4/h5-13H,14H2,1-4H3,(H2,23,24,25,26). The van der Waals surface area contributed by atoms with Crippen LogP contribution in [0.1, 0.15) is 26.3 Å². The summed E-state index contributed by atoms with van der Waals surface area (Å²) >= 11 is 0. The van der Waals surface area contributed by atoms with Crippen molar-refractivity contribution in [2.75, 3.05) is 19.0 Å². The van der Waals surface area contributed by atoms with Gasteiger partial charge >= 0.3 is 0 Å². The third-order valence-electron chi connectivity index (χ3n) is 4.30. The number of amides is 1. The predicted molar refractivity (Wildman–Crippen MR) is 110 cm³/mol. The zero-order valence-corrected chi connectivity index (χ0v) is 16.6. The van der Waals surface area contributed by atoms with Gasteiger partial charge in [0, 0.05) is 11.6 Å². The lowest BCUT2D eigenvalue weighted by atomic mass is 9.86. The van der Waals surface area contributed by atoms with E-state index in [1.807, 2.05) is 48.5 Å². The summed E-state index contributed by atoms with van der Waals surface area (Å²) in [5, 5.41) is 9.82. The summed E-state index contributed by atoms with van der Waals surface area (Å²) in [6, 6.07) is 17.1. The van der Waals surface area contributed by atoms with Crippen molar-refractivity contribution in [3.05, 3.63) is 60.2 Å². The van der Waals surface area contributed by atoms with E-state index in [1.54, 1.807) is 13.2 Å². The van der Waals surface area contributed by atoms with E-state index in [9.17, 15) is 4.79 Å². The molecule has 0 saturated heterocycles. The minimum absolute atomic E-state index is 0.0705. The summed E-state index contributed by atoms with van der Waals surface area (Å²) in [5.41, 5.74) is 2.61. The van der Waals surface area contributed by atoms with Crippen molar-refractivity contribution in [2.45, 2.75) is 26.2 Å². The molecule has 3 rings (SSSR count). The van der Waals surface area contributed by atoms with Crippen molar-refractivity contribution < 1.29 is 14.3 Å². The van der Waals surface area contributed by atoms with E-state index in [-0.39, 0.29) is 17.9 Å². The molecule has 1 aromatic heterocycles. The number of carbonyl (C=O) groups excluding carboxylic acids is 1. The molecule has 1 amide bonds. The molecule has 2 aromatic carbocycles. The Kier molecular flexibility index (Phi) is 5.68. The Balaban J connectivity index is 1.65. The van der Waals surface area contributed by atoms with Gasteiger partial charge in [0.2, 0.25) is 0 Å². The van der Waals surface area contributed by atoms with Crippen molar-refractivity contribution in [1.29, 1.82) is 0 Å². The molecule has 0 fully saturated rings. The third kappa shape index (κ3) is 4.52. The molecule has 0 saturated carbocycles. The molecular formula is C22H25N3O3. The van der Waals surface area contributed by atoms with Crippen molar-refractivity contribution in [3.8, 4) is 22.8 Å². The fourth-order valence-corrected chi connectivity index (χ4v) is 2.93. The summed E-state index contributed by atoms with van der Waals surface area (Å²) in [7, 11) is 1.62. The number of aromatic amines is 1. The first-order valence-corrected chi connectivity index (χ1v) is 9.09. The highest BCUT2D eigenvalue weighted by Gasteiger charge is 2.19. The molecule has 1 heterocycles. The maximum Gasteiger partial charge on any atom is 0.263 e. The number of aromatic nitrogens is 2. The lowest BCUT2D eigenvalue weighted by Gasteiger charge is -2.22. The van der Waals surface area contributed by atoms with Crippen LogP contribution in [0.2, 0.25) is 0 Å². The van der Waals surface area contributed by atoms with Gasteiger partial charge in [0.15, 0.2) is 12.4 Å². The first-order chi connectivity index (χ1) is 13.4. The SMILES string of the molecule is COc1ccccc1-c1cc(NC(=O)COc2ccccc2C(C)(C)C)n[nH]1. The number of hydrogen-bond acceptors (Lipinski definition) is 4. The van der Waals surface area contributed by atoms with Gasteiger partial charge in [-0.1, -0.05) is 51.1 Å². The van der Waals surface area contributed by atoms with Crippen LogP contribution < -0.4 is 14.8 Å². The molecule has 0 radical (unpaired) electrons.